The van der Waals surface area contributed by atoms with Crippen molar-refractivity contribution in [3.8, 4) is 0 Å². The molecule has 0 atom stereocenters. The normalized spacial score (nSPS) is 9.12. The van der Waals surface area contributed by atoms with Crippen LogP contribution in [0.1, 0.15) is 0 Å². The number of aliphatic imine (C=N–C) groups is 1. The molecule has 0 radical (unpaired) electrons. The third-order valence-electron chi connectivity index (χ3n) is 0.829. The van der Waals surface area contributed by atoms with Gasteiger partial charge in [0.15, 0.2) is 0 Å². The van der Waals surface area contributed by atoms with Crippen molar-refractivity contribution in [3.05, 3.63) is 6.33 Å². The Hall–Kier alpha value is -1.19. The molecule has 0 aliphatic carbocycles. The van der Waals surface area contributed by atoms with E-state index in [0.29, 0.717) is 5.95 Å². The third-order valence-corrected chi connectivity index (χ3v) is 0.829. The van der Waals surface area contributed by atoms with E-state index in [9.17, 15) is 0 Å². The van der Waals surface area contributed by atoms with Crippen LogP contribution in [0.2, 0.25) is 0 Å². The highest BCUT2D eigenvalue weighted by Crippen LogP contribution is 1.98. The van der Waals surface area contributed by atoms with Crippen LogP contribution in [0.25, 0.3) is 0 Å². The van der Waals surface area contributed by atoms with Gasteiger partial charge in [0.2, 0.25) is 5.95 Å². The SMILES string of the molecule is C=Nc1ncnn1C. The fourth-order valence-electron chi connectivity index (χ4n) is 0.433. The van der Waals surface area contributed by atoms with E-state index < -0.39 is 0 Å². The summed E-state index contributed by atoms with van der Waals surface area (Å²) in [6, 6.07) is 0. The molecule has 1 heterocycles. The van der Waals surface area contributed by atoms with Gasteiger partial charge in [-0.25, -0.2) is 9.67 Å². The Balaban J connectivity index is 3.09. The fraction of sp³-hybridized carbons (Fsp3) is 0.250. The molecule has 42 valence electrons. The van der Waals surface area contributed by atoms with Crippen molar-refractivity contribution >= 4 is 12.7 Å². The third kappa shape index (κ3) is 0.598. The molecular formula is C4H6N4. The molecule has 0 aliphatic rings. The van der Waals surface area contributed by atoms with Crippen molar-refractivity contribution < 1.29 is 0 Å². The molecule has 0 N–H and O–H groups in total. The largest absolute Gasteiger partial charge is 0.246 e. The Kier molecular flexibility index (Phi) is 1.07. The van der Waals surface area contributed by atoms with Gasteiger partial charge >= 0.3 is 0 Å². The van der Waals surface area contributed by atoms with Gasteiger partial charge in [-0.1, -0.05) is 0 Å². The molecule has 0 saturated heterocycles. The van der Waals surface area contributed by atoms with Crippen molar-refractivity contribution in [2.45, 2.75) is 0 Å². The summed E-state index contributed by atoms with van der Waals surface area (Å²) < 4.78 is 1.55. The van der Waals surface area contributed by atoms with Crippen molar-refractivity contribution in [3.63, 3.8) is 0 Å². The van der Waals surface area contributed by atoms with Crippen LogP contribution < -0.4 is 0 Å². The van der Waals surface area contributed by atoms with Crippen molar-refractivity contribution in [1.29, 1.82) is 0 Å². The first kappa shape index (κ1) is 4.96. The van der Waals surface area contributed by atoms with Gasteiger partial charge in [0.05, 0.1) is 0 Å². The first-order chi connectivity index (χ1) is 3.84. The predicted octanol–water partition coefficient (Wildman–Crippen LogP) is 0.147. The number of aryl methyl sites for hydroxylation is 1. The summed E-state index contributed by atoms with van der Waals surface area (Å²) in [5.41, 5.74) is 0. The van der Waals surface area contributed by atoms with Crippen LogP contribution in [-0.2, 0) is 7.05 Å². The summed E-state index contributed by atoms with van der Waals surface area (Å²) >= 11 is 0. The van der Waals surface area contributed by atoms with Crippen LogP contribution in [0, 0.1) is 0 Å². The second-order valence-corrected chi connectivity index (χ2v) is 1.34. The summed E-state index contributed by atoms with van der Waals surface area (Å²) in [5.74, 6) is 0.546. The van der Waals surface area contributed by atoms with E-state index in [1.807, 2.05) is 0 Å². The second kappa shape index (κ2) is 1.73. The van der Waals surface area contributed by atoms with E-state index in [2.05, 4.69) is 21.8 Å². The average molecular weight is 110 g/mol. The lowest BCUT2D eigenvalue weighted by molar-refractivity contribution is 0.769. The summed E-state index contributed by atoms with van der Waals surface area (Å²) in [6.45, 7) is 3.29. The van der Waals surface area contributed by atoms with Crippen LogP contribution in [0.15, 0.2) is 11.3 Å². The Morgan fingerprint density at radius 2 is 2.62 bits per heavy atom. The van der Waals surface area contributed by atoms with E-state index in [1.54, 1.807) is 11.7 Å². The van der Waals surface area contributed by atoms with E-state index in [4.69, 9.17) is 0 Å². The number of hydrogen-bond acceptors (Lipinski definition) is 3. The van der Waals surface area contributed by atoms with Crippen LogP contribution >= 0.6 is 0 Å². The molecule has 0 unspecified atom stereocenters. The van der Waals surface area contributed by atoms with Crippen LogP contribution in [0.4, 0.5) is 5.95 Å². The van der Waals surface area contributed by atoms with E-state index >= 15 is 0 Å². The molecule has 0 saturated carbocycles. The van der Waals surface area contributed by atoms with Gasteiger partial charge in [-0.05, 0) is 6.72 Å². The monoisotopic (exact) mass is 110 g/mol. The maximum Gasteiger partial charge on any atom is 0.246 e. The number of aromatic nitrogens is 3. The van der Waals surface area contributed by atoms with Gasteiger partial charge in [0.25, 0.3) is 0 Å². The van der Waals surface area contributed by atoms with Gasteiger partial charge in [-0.3, -0.25) is 0 Å². The van der Waals surface area contributed by atoms with Crippen LogP contribution in [0.5, 0.6) is 0 Å². The molecule has 0 aliphatic heterocycles. The van der Waals surface area contributed by atoms with Gasteiger partial charge < -0.3 is 0 Å². The topological polar surface area (TPSA) is 43.1 Å². The molecule has 0 fully saturated rings. The number of rotatable bonds is 1. The van der Waals surface area contributed by atoms with Gasteiger partial charge in [0.1, 0.15) is 6.33 Å². The minimum atomic E-state index is 0.546. The lowest BCUT2D eigenvalue weighted by Crippen LogP contribution is -1.87. The highest BCUT2D eigenvalue weighted by Gasteiger charge is 1.90. The molecule has 4 nitrogen and oxygen atoms in total. The predicted molar refractivity (Wildman–Crippen MR) is 30.2 cm³/mol. The summed E-state index contributed by atoms with van der Waals surface area (Å²) in [6.07, 6.45) is 1.43. The standard InChI is InChI=1S/C4H6N4/c1-5-4-6-3-7-8(4)2/h3H,1H2,2H3. The highest BCUT2D eigenvalue weighted by atomic mass is 15.4. The van der Waals surface area contributed by atoms with Crippen molar-refractivity contribution in [1.82, 2.24) is 14.8 Å². The van der Waals surface area contributed by atoms with E-state index in [1.165, 1.54) is 6.33 Å². The number of hydrogen-bond donors (Lipinski definition) is 0. The molecule has 4 heteroatoms. The summed E-state index contributed by atoms with van der Waals surface area (Å²) in [4.78, 5) is 7.33. The molecule has 0 amide bonds. The maximum atomic E-state index is 3.76. The van der Waals surface area contributed by atoms with Crippen LogP contribution in [-0.4, -0.2) is 21.5 Å². The zero-order valence-corrected chi connectivity index (χ0v) is 4.57. The van der Waals surface area contributed by atoms with Crippen molar-refractivity contribution in [2.24, 2.45) is 12.0 Å². The first-order valence-corrected chi connectivity index (χ1v) is 2.15. The molecule has 1 aromatic heterocycles. The van der Waals surface area contributed by atoms with Crippen LogP contribution in [0.3, 0.4) is 0 Å². The lowest BCUT2D eigenvalue weighted by atomic mass is 11.0. The minimum Gasteiger partial charge on any atom is -0.233 e. The second-order valence-electron chi connectivity index (χ2n) is 1.34. The minimum absolute atomic E-state index is 0.546. The molecule has 0 aromatic carbocycles. The van der Waals surface area contributed by atoms with Gasteiger partial charge in [-0.15, -0.1) is 0 Å². The molecule has 1 aromatic rings. The van der Waals surface area contributed by atoms with Crippen molar-refractivity contribution in [2.75, 3.05) is 0 Å². The lowest BCUT2D eigenvalue weighted by Gasteiger charge is -1.85. The summed E-state index contributed by atoms with van der Waals surface area (Å²) in [5, 5.41) is 3.76. The first-order valence-electron chi connectivity index (χ1n) is 2.15. The zero-order chi connectivity index (χ0) is 5.98. The fourth-order valence-corrected chi connectivity index (χ4v) is 0.433. The molecule has 0 spiro atoms. The maximum absolute atomic E-state index is 3.76. The Morgan fingerprint density at radius 1 is 1.88 bits per heavy atom. The zero-order valence-electron chi connectivity index (χ0n) is 4.57. The summed E-state index contributed by atoms with van der Waals surface area (Å²) in [7, 11) is 1.76. The molecule has 0 bridgehead atoms. The molecule has 8 heavy (non-hydrogen) atoms. The van der Waals surface area contributed by atoms with Gasteiger partial charge in [-0.2, -0.15) is 10.1 Å². The Labute approximate surface area is 46.9 Å². The Morgan fingerprint density at radius 3 is 2.88 bits per heavy atom. The highest BCUT2D eigenvalue weighted by molar-refractivity contribution is 5.33. The van der Waals surface area contributed by atoms with E-state index in [-0.39, 0.29) is 0 Å². The quantitative estimate of drug-likeness (QED) is 0.483. The number of nitrogens with zero attached hydrogens (tertiary/aromatic N) is 4. The smallest absolute Gasteiger partial charge is 0.233 e. The van der Waals surface area contributed by atoms with E-state index in [0.717, 1.165) is 0 Å². The molecule has 1 rings (SSSR count). The Bertz CT molecular complexity index is 190. The average Bonchev–Trinajstić information content (AvgIpc) is 2.14. The molecular weight excluding hydrogens is 104 g/mol. The van der Waals surface area contributed by atoms with Gasteiger partial charge in [0, 0.05) is 7.05 Å².